The lowest BCUT2D eigenvalue weighted by Gasteiger charge is -2.14. The molecule has 0 radical (unpaired) electrons. The number of anilines is 2. The van der Waals surface area contributed by atoms with Crippen LogP contribution in [0.5, 0.6) is 11.5 Å². The van der Waals surface area contributed by atoms with Crippen molar-refractivity contribution >= 4 is 46.3 Å². The molecule has 0 aliphatic heterocycles. The van der Waals surface area contributed by atoms with Crippen molar-refractivity contribution in [3.05, 3.63) is 33.7 Å². The molecule has 20 heavy (non-hydrogen) atoms. The molecule has 1 aromatic heterocycles. The Morgan fingerprint density at radius 2 is 1.70 bits per heavy atom. The first-order chi connectivity index (χ1) is 9.55. The van der Waals surface area contributed by atoms with Crippen molar-refractivity contribution in [3.63, 3.8) is 0 Å². The molecule has 0 bridgehead atoms. The van der Waals surface area contributed by atoms with Crippen molar-refractivity contribution in [1.29, 1.82) is 0 Å². The Bertz CT molecular complexity index is 638. The molecule has 0 saturated carbocycles. The minimum atomic E-state index is 0.0804. The summed E-state index contributed by atoms with van der Waals surface area (Å²) in [6, 6.07) is 3.30. The average molecular weight is 335 g/mol. The smallest absolute Gasteiger partial charge is 0.224 e. The summed E-state index contributed by atoms with van der Waals surface area (Å²) in [4.78, 5) is 7.78. The summed E-state index contributed by atoms with van der Waals surface area (Å²) in [7, 11) is 3.05. The maximum absolute atomic E-state index is 6.03. The monoisotopic (exact) mass is 333 g/mol. The van der Waals surface area contributed by atoms with Crippen LogP contribution in [0.25, 0.3) is 0 Å². The Balaban J connectivity index is 2.44. The van der Waals surface area contributed by atoms with Crippen LogP contribution in [0, 0.1) is 0 Å². The van der Waals surface area contributed by atoms with Gasteiger partial charge in [-0.05, 0) is 11.6 Å². The first kappa shape index (κ1) is 15.0. The second-order valence-corrected chi connectivity index (χ2v) is 4.80. The largest absolute Gasteiger partial charge is 0.495 e. The lowest BCUT2D eigenvalue weighted by atomic mass is 10.2. The van der Waals surface area contributed by atoms with Crippen molar-refractivity contribution in [3.8, 4) is 11.5 Å². The number of hydrogen-bond donors (Lipinski definition) is 1. The van der Waals surface area contributed by atoms with Crippen molar-refractivity contribution in [2.45, 2.75) is 0 Å². The SMILES string of the molecule is COc1cc(Nc2nc(Cl)ncc2Cl)c(OC)cc1Cl. The predicted octanol–water partition coefficient (Wildman–Crippen LogP) is 4.20. The topological polar surface area (TPSA) is 56.3 Å². The molecule has 2 aromatic rings. The summed E-state index contributed by atoms with van der Waals surface area (Å²) in [5.74, 6) is 1.36. The van der Waals surface area contributed by atoms with Crippen molar-refractivity contribution < 1.29 is 9.47 Å². The lowest BCUT2D eigenvalue weighted by molar-refractivity contribution is 0.405. The van der Waals surface area contributed by atoms with Crippen LogP contribution in [-0.4, -0.2) is 24.2 Å². The van der Waals surface area contributed by atoms with Gasteiger partial charge in [0.05, 0.1) is 31.1 Å². The number of methoxy groups -OCH3 is 2. The summed E-state index contributed by atoms with van der Waals surface area (Å²) in [6.45, 7) is 0. The zero-order chi connectivity index (χ0) is 14.7. The normalized spacial score (nSPS) is 10.2. The fourth-order valence-electron chi connectivity index (χ4n) is 1.52. The van der Waals surface area contributed by atoms with E-state index in [4.69, 9.17) is 44.3 Å². The van der Waals surface area contributed by atoms with Crippen LogP contribution in [0.2, 0.25) is 15.3 Å². The Labute approximate surface area is 130 Å². The number of benzene rings is 1. The second-order valence-electron chi connectivity index (χ2n) is 3.65. The molecule has 0 spiro atoms. The number of aromatic nitrogens is 2. The maximum atomic E-state index is 6.03. The van der Waals surface area contributed by atoms with Gasteiger partial charge in [0.2, 0.25) is 5.28 Å². The first-order valence-corrected chi connectivity index (χ1v) is 6.55. The molecule has 1 N–H and O–H groups in total. The molecule has 0 atom stereocenters. The van der Waals surface area contributed by atoms with E-state index >= 15 is 0 Å². The fraction of sp³-hybridized carbons (Fsp3) is 0.167. The van der Waals surface area contributed by atoms with E-state index in [1.54, 1.807) is 12.1 Å². The second kappa shape index (κ2) is 6.35. The van der Waals surface area contributed by atoms with E-state index in [1.165, 1.54) is 20.4 Å². The molecule has 1 heterocycles. The summed E-state index contributed by atoms with van der Waals surface area (Å²) in [5.41, 5.74) is 0.588. The van der Waals surface area contributed by atoms with Gasteiger partial charge in [-0.2, -0.15) is 4.98 Å². The number of nitrogens with one attached hydrogen (secondary N) is 1. The quantitative estimate of drug-likeness (QED) is 0.849. The number of halogens is 3. The van der Waals surface area contributed by atoms with Crippen LogP contribution < -0.4 is 14.8 Å². The van der Waals surface area contributed by atoms with E-state index in [-0.39, 0.29) is 5.28 Å². The van der Waals surface area contributed by atoms with Gasteiger partial charge in [0.1, 0.15) is 16.5 Å². The Hall–Kier alpha value is -1.43. The molecule has 0 saturated heterocycles. The summed E-state index contributed by atoms with van der Waals surface area (Å²) in [6.07, 6.45) is 1.40. The average Bonchev–Trinajstić information content (AvgIpc) is 2.44. The van der Waals surface area contributed by atoms with Gasteiger partial charge >= 0.3 is 0 Å². The Morgan fingerprint density at radius 1 is 1.00 bits per heavy atom. The highest BCUT2D eigenvalue weighted by molar-refractivity contribution is 6.34. The number of nitrogens with zero attached hydrogens (tertiary/aromatic N) is 2. The number of hydrogen-bond acceptors (Lipinski definition) is 5. The van der Waals surface area contributed by atoms with Crippen molar-refractivity contribution in [2.24, 2.45) is 0 Å². The molecule has 5 nitrogen and oxygen atoms in total. The van der Waals surface area contributed by atoms with E-state index in [1.807, 2.05) is 0 Å². The van der Waals surface area contributed by atoms with Crippen LogP contribution in [0.15, 0.2) is 18.3 Å². The van der Waals surface area contributed by atoms with Gasteiger partial charge in [0, 0.05) is 12.1 Å². The minimum Gasteiger partial charge on any atom is -0.495 e. The lowest BCUT2D eigenvalue weighted by Crippen LogP contribution is -1.99. The fourth-order valence-corrected chi connectivity index (χ4v) is 2.02. The molecule has 1 aromatic carbocycles. The molecule has 8 heteroatoms. The van der Waals surface area contributed by atoms with E-state index in [2.05, 4.69) is 15.3 Å². The van der Waals surface area contributed by atoms with E-state index < -0.39 is 0 Å². The van der Waals surface area contributed by atoms with Gasteiger partial charge in [0.25, 0.3) is 0 Å². The van der Waals surface area contributed by atoms with Crippen molar-refractivity contribution in [1.82, 2.24) is 9.97 Å². The van der Waals surface area contributed by atoms with Gasteiger partial charge in [-0.3, -0.25) is 0 Å². The zero-order valence-electron chi connectivity index (χ0n) is 10.6. The summed E-state index contributed by atoms with van der Waals surface area (Å²) >= 11 is 17.8. The summed E-state index contributed by atoms with van der Waals surface area (Å²) in [5, 5.41) is 3.84. The third kappa shape index (κ3) is 3.17. The standard InChI is InChI=1S/C12H10Cl3N3O2/c1-19-9-4-8(10(20-2)3-6(9)13)17-11-7(14)5-16-12(15)18-11/h3-5H,1-2H3,(H,16,17,18). The molecule has 106 valence electrons. The number of rotatable bonds is 4. The van der Waals surface area contributed by atoms with Gasteiger partial charge in [-0.15, -0.1) is 0 Å². The van der Waals surface area contributed by atoms with Crippen LogP contribution in [-0.2, 0) is 0 Å². The maximum Gasteiger partial charge on any atom is 0.224 e. The number of ether oxygens (including phenoxy) is 2. The van der Waals surface area contributed by atoms with Gasteiger partial charge in [0.15, 0.2) is 5.82 Å². The molecule has 0 fully saturated rings. The highest BCUT2D eigenvalue weighted by Gasteiger charge is 2.12. The van der Waals surface area contributed by atoms with E-state index in [0.717, 1.165) is 0 Å². The van der Waals surface area contributed by atoms with Crippen LogP contribution in [0.3, 0.4) is 0 Å². The van der Waals surface area contributed by atoms with Gasteiger partial charge in [-0.25, -0.2) is 4.98 Å². The minimum absolute atomic E-state index is 0.0804. The molecular weight excluding hydrogens is 325 g/mol. The third-order valence-electron chi connectivity index (χ3n) is 2.44. The van der Waals surface area contributed by atoms with Crippen LogP contribution in [0.1, 0.15) is 0 Å². The van der Waals surface area contributed by atoms with Crippen LogP contribution >= 0.6 is 34.8 Å². The third-order valence-corrected chi connectivity index (χ3v) is 3.20. The molecule has 0 amide bonds. The Kier molecular flexibility index (Phi) is 4.75. The molecule has 2 rings (SSSR count). The molecular formula is C12H10Cl3N3O2. The van der Waals surface area contributed by atoms with E-state index in [9.17, 15) is 0 Å². The first-order valence-electron chi connectivity index (χ1n) is 5.41. The van der Waals surface area contributed by atoms with Crippen LogP contribution in [0.4, 0.5) is 11.5 Å². The zero-order valence-corrected chi connectivity index (χ0v) is 12.8. The van der Waals surface area contributed by atoms with Gasteiger partial charge < -0.3 is 14.8 Å². The molecule has 0 aliphatic rings. The van der Waals surface area contributed by atoms with E-state index in [0.29, 0.717) is 33.0 Å². The predicted molar refractivity (Wildman–Crippen MR) is 79.9 cm³/mol. The molecule has 0 aliphatic carbocycles. The molecule has 0 unspecified atom stereocenters. The highest BCUT2D eigenvalue weighted by atomic mass is 35.5. The van der Waals surface area contributed by atoms with Gasteiger partial charge in [-0.1, -0.05) is 23.2 Å². The Morgan fingerprint density at radius 3 is 2.35 bits per heavy atom. The van der Waals surface area contributed by atoms with Crippen molar-refractivity contribution in [2.75, 3.05) is 19.5 Å². The summed E-state index contributed by atoms with van der Waals surface area (Å²) < 4.78 is 10.4. The highest BCUT2D eigenvalue weighted by Crippen LogP contribution is 2.38.